The number of nitrogens with zero attached hydrogens (tertiary/aromatic N) is 4. The predicted molar refractivity (Wildman–Crippen MR) is 111 cm³/mol. The first-order valence-corrected chi connectivity index (χ1v) is 9.92. The molecule has 2 heterocycles. The average molecular weight is 390 g/mol. The molecule has 0 bridgehead atoms. The van der Waals surface area contributed by atoms with E-state index in [9.17, 15) is 14.4 Å². The summed E-state index contributed by atoms with van der Waals surface area (Å²) in [5, 5.41) is 9.62. The molecular formula is C23H23FN4O. The Morgan fingerprint density at radius 3 is 2.38 bits per heavy atom. The molecule has 0 aromatic heterocycles. The largest absolute Gasteiger partial charge is 0.373 e. The number of hydrogen-bond acceptors (Lipinski definition) is 4. The van der Waals surface area contributed by atoms with Crippen LogP contribution in [0.2, 0.25) is 0 Å². The van der Waals surface area contributed by atoms with Crippen molar-refractivity contribution >= 4 is 17.3 Å². The minimum atomic E-state index is -0.254. The number of rotatable bonds is 3. The molecule has 4 rings (SSSR count). The van der Waals surface area contributed by atoms with Crippen molar-refractivity contribution in [3.63, 3.8) is 0 Å². The molecule has 0 unspecified atom stereocenters. The predicted octanol–water partition coefficient (Wildman–Crippen LogP) is 3.33. The number of piperazine rings is 1. The zero-order valence-electron chi connectivity index (χ0n) is 16.2. The molecular weight excluding hydrogens is 367 g/mol. The fraction of sp³-hybridized carbons (Fsp3) is 0.304. The van der Waals surface area contributed by atoms with Crippen molar-refractivity contribution in [2.24, 2.45) is 0 Å². The van der Waals surface area contributed by atoms with Gasteiger partial charge in [-0.3, -0.25) is 4.79 Å². The van der Waals surface area contributed by atoms with Crippen LogP contribution in [0, 0.1) is 17.1 Å². The van der Waals surface area contributed by atoms with Gasteiger partial charge < -0.3 is 14.7 Å². The van der Waals surface area contributed by atoms with E-state index in [1.807, 2.05) is 40.1 Å². The molecule has 6 heteroatoms. The van der Waals surface area contributed by atoms with Crippen molar-refractivity contribution in [2.75, 3.05) is 42.5 Å². The summed E-state index contributed by atoms with van der Waals surface area (Å²) in [6, 6.07) is 16.7. The maximum absolute atomic E-state index is 14.0. The number of carbonyl (C=O) groups excluding carboxylic acids is 1. The first-order chi connectivity index (χ1) is 14.2. The highest BCUT2D eigenvalue weighted by Gasteiger charge is 2.26. The number of anilines is 2. The van der Waals surface area contributed by atoms with E-state index in [2.05, 4.69) is 6.07 Å². The molecule has 0 spiro atoms. The van der Waals surface area contributed by atoms with Gasteiger partial charge in [0.15, 0.2) is 0 Å². The fourth-order valence-electron chi connectivity index (χ4n) is 4.00. The minimum Gasteiger partial charge on any atom is -0.373 e. The Kier molecular flexibility index (Phi) is 5.48. The standard InChI is InChI=1S/C23H23FN4O/c24-20-8-2-4-10-22(20)27-14-12-26(13-15-27)17-19(16-25)23(29)28-11-5-7-18-6-1-3-9-21(18)28/h1-4,6,8-10,17H,5,7,11-15H2/b19-17-. The molecule has 2 aromatic rings. The van der Waals surface area contributed by atoms with E-state index in [1.54, 1.807) is 23.2 Å². The summed E-state index contributed by atoms with van der Waals surface area (Å²) in [4.78, 5) is 18.7. The third-order valence-corrected chi connectivity index (χ3v) is 5.53. The summed E-state index contributed by atoms with van der Waals surface area (Å²) in [6.45, 7) is 3.15. The Balaban J connectivity index is 1.46. The number of hydrogen-bond donors (Lipinski definition) is 0. The normalized spacial score (nSPS) is 17.0. The first-order valence-electron chi connectivity index (χ1n) is 9.92. The van der Waals surface area contributed by atoms with E-state index in [-0.39, 0.29) is 17.3 Å². The van der Waals surface area contributed by atoms with Crippen LogP contribution in [0.3, 0.4) is 0 Å². The smallest absolute Gasteiger partial charge is 0.270 e. The van der Waals surface area contributed by atoms with Gasteiger partial charge in [0, 0.05) is 44.6 Å². The average Bonchev–Trinajstić information content (AvgIpc) is 2.77. The quantitative estimate of drug-likeness (QED) is 0.596. The molecule has 2 aliphatic heterocycles. The number of fused-ring (bicyclic) bond motifs is 1. The van der Waals surface area contributed by atoms with E-state index < -0.39 is 0 Å². The van der Waals surface area contributed by atoms with Gasteiger partial charge in [0.05, 0.1) is 5.69 Å². The Morgan fingerprint density at radius 2 is 1.66 bits per heavy atom. The van der Waals surface area contributed by atoms with Crippen LogP contribution in [-0.2, 0) is 11.2 Å². The Morgan fingerprint density at radius 1 is 0.966 bits per heavy atom. The molecule has 0 N–H and O–H groups in total. The monoisotopic (exact) mass is 390 g/mol. The van der Waals surface area contributed by atoms with Gasteiger partial charge in [-0.15, -0.1) is 0 Å². The number of carbonyl (C=O) groups is 1. The second-order valence-corrected chi connectivity index (χ2v) is 7.32. The lowest BCUT2D eigenvalue weighted by Crippen LogP contribution is -2.45. The Hall–Kier alpha value is -3.33. The van der Waals surface area contributed by atoms with Gasteiger partial charge in [-0.1, -0.05) is 30.3 Å². The van der Waals surface area contributed by atoms with Crippen LogP contribution in [0.15, 0.2) is 60.3 Å². The Labute approximate surface area is 170 Å². The van der Waals surface area contributed by atoms with Crippen molar-refractivity contribution in [3.05, 3.63) is 71.7 Å². The third kappa shape index (κ3) is 3.95. The lowest BCUT2D eigenvalue weighted by molar-refractivity contribution is -0.114. The molecule has 29 heavy (non-hydrogen) atoms. The van der Waals surface area contributed by atoms with Gasteiger partial charge in [-0.05, 0) is 36.6 Å². The summed E-state index contributed by atoms with van der Waals surface area (Å²) in [5.41, 5.74) is 2.77. The highest BCUT2D eigenvalue weighted by Crippen LogP contribution is 2.28. The van der Waals surface area contributed by atoms with E-state index in [1.165, 1.54) is 6.07 Å². The SMILES string of the molecule is N#C/C(=C/N1CCN(c2ccccc2F)CC1)C(=O)N1CCCc2ccccc21. The molecule has 5 nitrogen and oxygen atoms in total. The van der Waals surface area contributed by atoms with Crippen LogP contribution in [0.4, 0.5) is 15.8 Å². The summed E-state index contributed by atoms with van der Waals surface area (Å²) in [6.07, 6.45) is 3.50. The van der Waals surface area contributed by atoms with Crippen LogP contribution in [0.25, 0.3) is 0 Å². The zero-order chi connectivity index (χ0) is 20.2. The summed E-state index contributed by atoms with van der Waals surface area (Å²) >= 11 is 0. The van der Waals surface area contributed by atoms with Gasteiger partial charge in [-0.2, -0.15) is 5.26 Å². The number of benzene rings is 2. The second kappa shape index (κ2) is 8.36. The van der Waals surface area contributed by atoms with Gasteiger partial charge in [0.1, 0.15) is 17.5 Å². The first kappa shape index (κ1) is 19.0. The van der Waals surface area contributed by atoms with Crippen LogP contribution in [0.1, 0.15) is 12.0 Å². The third-order valence-electron chi connectivity index (χ3n) is 5.53. The molecule has 1 fully saturated rings. The van der Waals surface area contributed by atoms with Crippen molar-refractivity contribution in [1.82, 2.24) is 4.90 Å². The minimum absolute atomic E-state index is 0.140. The van der Waals surface area contributed by atoms with E-state index in [0.29, 0.717) is 38.4 Å². The summed E-state index contributed by atoms with van der Waals surface area (Å²) in [5.74, 6) is -0.482. The molecule has 0 saturated carbocycles. The van der Waals surface area contributed by atoms with E-state index in [0.717, 1.165) is 24.1 Å². The van der Waals surface area contributed by atoms with Gasteiger partial charge >= 0.3 is 0 Å². The fourth-order valence-corrected chi connectivity index (χ4v) is 4.00. The van der Waals surface area contributed by atoms with Gasteiger partial charge in [0.25, 0.3) is 5.91 Å². The molecule has 0 atom stereocenters. The van der Waals surface area contributed by atoms with Crippen LogP contribution < -0.4 is 9.80 Å². The summed E-state index contributed by atoms with van der Waals surface area (Å²) in [7, 11) is 0. The van der Waals surface area contributed by atoms with Crippen LogP contribution in [0.5, 0.6) is 0 Å². The molecule has 1 saturated heterocycles. The number of amides is 1. The maximum Gasteiger partial charge on any atom is 0.270 e. The highest BCUT2D eigenvalue weighted by molar-refractivity contribution is 6.08. The summed E-state index contributed by atoms with van der Waals surface area (Å²) < 4.78 is 14.0. The van der Waals surface area contributed by atoms with E-state index >= 15 is 0 Å². The molecule has 148 valence electrons. The lowest BCUT2D eigenvalue weighted by atomic mass is 10.0. The number of aryl methyl sites for hydroxylation is 1. The van der Waals surface area contributed by atoms with Crippen molar-refractivity contribution in [1.29, 1.82) is 5.26 Å². The van der Waals surface area contributed by atoms with Gasteiger partial charge in [-0.25, -0.2) is 4.39 Å². The topological polar surface area (TPSA) is 50.6 Å². The molecule has 0 radical (unpaired) electrons. The number of nitriles is 1. The number of halogens is 1. The van der Waals surface area contributed by atoms with Gasteiger partial charge in [0.2, 0.25) is 0 Å². The van der Waals surface area contributed by atoms with E-state index in [4.69, 9.17) is 0 Å². The van der Waals surface area contributed by atoms with Crippen LogP contribution in [-0.4, -0.2) is 43.5 Å². The Bertz CT molecular complexity index is 973. The molecule has 1 amide bonds. The molecule has 2 aliphatic rings. The van der Waals surface area contributed by atoms with Crippen LogP contribution >= 0.6 is 0 Å². The molecule has 2 aromatic carbocycles. The van der Waals surface area contributed by atoms with Crippen molar-refractivity contribution in [3.8, 4) is 6.07 Å². The lowest BCUT2D eigenvalue weighted by Gasteiger charge is -2.36. The van der Waals surface area contributed by atoms with Crippen molar-refractivity contribution in [2.45, 2.75) is 12.8 Å². The van der Waals surface area contributed by atoms with Crippen molar-refractivity contribution < 1.29 is 9.18 Å². The molecule has 0 aliphatic carbocycles. The zero-order valence-corrected chi connectivity index (χ0v) is 16.2. The second-order valence-electron chi connectivity index (χ2n) is 7.32. The highest BCUT2D eigenvalue weighted by atomic mass is 19.1. The maximum atomic E-state index is 14.0. The number of para-hydroxylation sites is 2.